The van der Waals surface area contributed by atoms with Crippen molar-refractivity contribution < 1.29 is 19.0 Å². The van der Waals surface area contributed by atoms with E-state index in [1.54, 1.807) is 18.2 Å². The van der Waals surface area contributed by atoms with Gasteiger partial charge in [-0.3, -0.25) is 0 Å². The van der Waals surface area contributed by atoms with E-state index in [1.807, 2.05) is 49.4 Å². The summed E-state index contributed by atoms with van der Waals surface area (Å²) in [6.07, 6.45) is -0.579. The molecule has 0 radical (unpaired) electrons. The number of hydrogen-bond donors (Lipinski definition) is 2. The number of halogens is 2. The van der Waals surface area contributed by atoms with Crippen molar-refractivity contribution in [3.8, 4) is 11.5 Å². The Bertz CT molecular complexity index is 952. The van der Waals surface area contributed by atoms with Gasteiger partial charge in [0.1, 0.15) is 12.4 Å². The summed E-state index contributed by atoms with van der Waals surface area (Å²) in [5, 5.41) is 13.6. The van der Waals surface area contributed by atoms with Crippen molar-refractivity contribution >= 4 is 15.9 Å². The predicted octanol–water partition coefficient (Wildman–Crippen LogP) is 5.39. The minimum Gasteiger partial charge on any atom is -0.490 e. The molecule has 0 aliphatic heterocycles. The Labute approximate surface area is 184 Å². The fraction of sp³-hybridized carbons (Fsp3) is 0.250. The van der Waals surface area contributed by atoms with E-state index in [-0.39, 0.29) is 12.4 Å². The van der Waals surface area contributed by atoms with E-state index in [1.165, 1.54) is 6.07 Å². The highest BCUT2D eigenvalue weighted by molar-refractivity contribution is 9.10. The zero-order valence-electron chi connectivity index (χ0n) is 16.8. The molecule has 0 amide bonds. The van der Waals surface area contributed by atoms with Crippen LogP contribution in [-0.4, -0.2) is 18.3 Å². The lowest BCUT2D eigenvalue weighted by atomic mass is 10.1. The van der Waals surface area contributed by atoms with E-state index in [2.05, 4.69) is 21.2 Å². The van der Waals surface area contributed by atoms with Gasteiger partial charge in [-0.25, -0.2) is 4.39 Å². The van der Waals surface area contributed by atoms with Crippen molar-refractivity contribution in [3.05, 3.63) is 93.7 Å². The van der Waals surface area contributed by atoms with Crippen molar-refractivity contribution in [2.75, 3.05) is 13.2 Å². The molecule has 3 aromatic carbocycles. The van der Waals surface area contributed by atoms with Crippen LogP contribution in [-0.2, 0) is 13.2 Å². The molecular formula is C24H25BrFNO3. The maximum absolute atomic E-state index is 13.9. The Balaban J connectivity index is 1.65. The summed E-state index contributed by atoms with van der Waals surface area (Å²) < 4.78 is 26.2. The molecule has 0 saturated carbocycles. The van der Waals surface area contributed by atoms with Gasteiger partial charge in [0.2, 0.25) is 0 Å². The van der Waals surface area contributed by atoms with Crippen LogP contribution < -0.4 is 14.8 Å². The van der Waals surface area contributed by atoms with Gasteiger partial charge in [0.15, 0.2) is 11.5 Å². The van der Waals surface area contributed by atoms with Gasteiger partial charge < -0.3 is 19.9 Å². The van der Waals surface area contributed by atoms with E-state index in [9.17, 15) is 9.50 Å². The zero-order chi connectivity index (χ0) is 21.3. The van der Waals surface area contributed by atoms with Crippen LogP contribution in [0.25, 0.3) is 0 Å². The normalized spacial score (nSPS) is 11.9. The van der Waals surface area contributed by atoms with Gasteiger partial charge in [0.05, 0.1) is 17.2 Å². The highest BCUT2D eigenvalue weighted by Crippen LogP contribution is 2.37. The first-order valence-electron chi connectivity index (χ1n) is 9.83. The van der Waals surface area contributed by atoms with Crippen molar-refractivity contribution in [1.82, 2.24) is 5.32 Å². The van der Waals surface area contributed by atoms with Crippen LogP contribution in [0.2, 0.25) is 0 Å². The summed E-state index contributed by atoms with van der Waals surface area (Å²) in [7, 11) is 0. The maximum atomic E-state index is 13.9. The van der Waals surface area contributed by atoms with Crippen molar-refractivity contribution in [1.29, 1.82) is 0 Å². The number of benzene rings is 3. The van der Waals surface area contributed by atoms with Crippen LogP contribution >= 0.6 is 15.9 Å². The topological polar surface area (TPSA) is 50.7 Å². The second kappa shape index (κ2) is 11.1. The number of aliphatic hydroxyl groups excluding tert-OH is 1. The molecule has 0 aliphatic carbocycles. The lowest BCUT2D eigenvalue weighted by Gasteiger charge is -2.17. The molecular weight excluding hydrogens is 449 g/mol. The van der Waals surface area contributed by atoms with E-state index in [0.717, 1.165) is 15.6 Å². The maximum Gasteiger partial charge on any atom is 0.175 e. The van der Waals surface area contributed by atoms with Crippen LogP contribution in [0.15, 0.2) is 71.2 Å². The summed E-state index contributed by atoms with van der Waals surface area (Å²) >= 11 is 3.54. The Kier molecular flexibility index (Phi) is 8.25. The molecule has 1 atom stereocenters. The standard InChI is InChI=1S/C24H25BrFNO3/c1-2-29-23-13-17(14-27-15-22(28)18-8-4-3-5-9-18)12-20(25)24(23)30-16-19-10-6-7-11-21(19)26/h3-13,22,27-28H,2,14-16H2,1H3. The van der Waals surface area contributed by atoms with Gasteiger partial charge in [-0.1, -0.05) is 48.5 Å². The minimum atomic E-state index is -0.579. The summed E-state index contributed by atoms with van der Waals surface area (Å²) in [5.74, 6) is 0.821. The Hall–Kier alpha value is -2.41. The molecule has 0 heterocycles. The fourth-order valence-corrected chi connectivity index (χ4v) is 3.64. The SMILES string of the molecule is CCOc1cc(CNCC(O)c2ccccc2)cc(Br)c1OCc1ccccc1F. The van der Waals surface area contributed by atoms with Crippen molar-refractivity contribution in [3.63, 3.8) is 0 Å². The minimum absolute atomic E-state index is 0.103. The summed E-state index contributed by atoms with van der Waals surface area (Å²) in [4.78, 5) is 0. The summed E-state index contributed by atoms with van der Waals surface area (Å²) in [6, 6.07) is 19.9. The number of ether oxygens (including phenoxy) is 2. The molecule has 0 bridgehead atoms. The highest BCUT2D eigenvalue weighted by Gasteiger charge is 2.14. The van der Waals surface area contributed by atoms with Crippen molar-refractivity contribution in [2.24, 2.45) is 0 Å². The van der Waals surface area contributed by atoms with Gasteiger partial charge in [0.25, 0.3) is 0 Å². The number of rotatable bonds is 10. The number of hydrogen-bond acceptors (Lipinski definition) is 4. The number of aliphatic hydroxyl groups is 1. The van der Waals surface area contributed by atoms with Gasteiger partial charge in [0, 0.05) is 18.7 Å². The Morgan fingerprint density at radius 1 is 1.03 bits per heavy atom. The summed E-state index contributed by atoms with van der Waals surface area (Å²) in [6.45, 7) is 3.46. The molecule has 3 aromatic rings. The Morgan fingerprint density at radius 2 is 1.77 bits per heavy atom. The molecule has 0 aliphatic rings. The third kappa shape index (κ3) is 6.05. The van der Waals surface area contributed by atoms with Crippen LogP contribution in [0.5, 0.6) is 11.5 Å². The monoisotopic (exact) mass is 473 g/mol. The second-order valence-corrected chi connectivity index (χ2v) is 7.63. The average Bonchev–Trinajstić information content (AvgIpc) is 2.75. The number of nitrogens with one attached hydrogen (secondary N) is 1. The predicted molar refractivity (Wildman–Crippen MR) is 119 cm³/mol. The zero-order valence-corrected chi connectivity index (χ0v) is 18.4. The van der Waals surface area contributed by atoms with Crippen LogP contribution in [0.3, 0.4) is 0 Å². The molecule has 30 heavy (non-hydrogen) atoms. The fourth-order valence-electron chi connectivity index (χ4n) is 3.04. The second-order valence-electron chi connectivity index (χ2n) is 6.78. The molecule has 4 nitrogen and oxygen atoms in total. The first kappa shape index (κ1) is 22.3. The first-order chi connectivity index (χ1) is 14.6. The third-order valence-corrected chi connectivity index (χ3v) is 5.14. The third-order valence-electron chi connectivity index (χ3n) is 4.55. The lowest BCUT2D eigenvalue weighted by molar-refractivity contribution is 0.174. The average molecular weight is 474 g/mol. The molecule has 0 aromatic heterocycles. The van der Waals surface area contributed by atoms with Crippen molar-refractivity contribution in [2.45, 2.75) is 26.2 Å². The quantitative estimate of drug-likeness (QED) is 0.414. The highest BCUT2D eigenvalue weighted by atomic mass is 79.9. The van der Waals surface area contributed by atoms with E-state index < -0.39 is 6.10 Å². The van der Waals surface area contributed by atoms with E-state index in [4.69, 9.17) is 9.47 Å². The van der Waals surface area contributed by atoms with Gasteiger partial charge in [-0.05, 0) is 52.2 Å². The molecule has 3 rings (SSSR count). The molecule has 2 N–H and O–H groups in total. The largest absolute Gasteiger partial charge is 0.490 e. The molecule has 0 saturated heterocycles. The molecule has 0 spiro atoms. The molecule has 0 fully saturated rings. The smallest absolute Gasteiger partial charge is 0.175 e. The summed E-state index contributed by atoms with van der Waals surface area (Å²) in [5.41, 5.74) is 2.33. The van der Waals surface area contributed by atoms with E-state index in [0.29, 0.717) is 36.8 Å². The molecule has 158 valence electrons. The van der Waals surface area contributed by atoms with Gasteiger partial charge >= 0.3 is 0 Å². The first-order valence-corrected chi connectivity index (χ1v) is 10.6. The van der Waals surface area contributed by atoms with Gasteiger partial charge in [-0.2, -0.15) is 0 Å². The molecule has 6 heteroatoms. The van der Waals surface area contributed by atoms with Crippen LogP contribution in [0, 0.1) is 5.82 Å². The lowest BCUT2D eigenvalue weighted by Crippen LogP contribution is -2.21. The Morgan fingerprint density at radius 3 is 2.50 bits per heavy atom. The van der Waals surface area contributed by atoms with E-state index >= 15 is 0 Å². The van der Waals surface area contributed by atoms with Crippen LogP contribution in [0.4, 0.5) is 4.39 Å². The molecule has 1 unspecified atom stereocenters. The van der Waals surface area contributed by atoms with Crippen LogP contribution in [0.1, 0.15) is 29.7 Å². The van der Waals surface area contributed by atoms with Gasteiger partial charge in [-0.15, -0.1) is 0 Å².